The van der Waals surface area contributed by atoms with Crippen molar-refractivity contribution in [2.75, 3.05) is 25.5 Å². The van der Waals surface area contributed by atoms with E-state index in [4.69, 9.17) is 9.47 Å². The number of amides is 2. The highest BCUT2D eigenvalue weighted by Crippen LogP contribution is 2.30. The van der Waals surface area contributed by atoms with E-state index >= 15 is 0 Å². The van der Waals surface area contributed by atoms with E-state index in [2.05, 4.69) is 21.0 Å². The van der Waals surface area contributed by atoms with Gasteiger partial charge in [0.15, 0.2) is 6.17 Å². The fourth-order valence-corrected chi connectivity index (χ4v) is 3.87. The van der Waals surface area contributed by atoms with Gasteiger partial charge in [0.25, 0.3) is 0 Å². The van der Waals surface area contributed by atoms with Crippen molar-refractivity contribution in [1.82, 2.24) is 20.4 Å². The predicted octanol–water partition coefficient (Wildman–Crippen LogP) is 3.65. The van der Waals surface area contributed by atoms with Crippen molar-refractivity contribution in [3.8, 4) is 11.6 Å². The third-order valence-corrected chi connectivity index (χ3v) is 5.83. The maximum Gasteiger partial charge on any atom is 0.320 e. The number of halogens is 1. The first kappa shape index (κ1) is 23.7. The van der Waals surface area contributed by atoms with Crippen molar-refractivity contribution < 1.29 is 18.7 Å². The SMILES string of the molecule is COCc1ccc(C)c(CNC(=O)Nc2c(C)c(O[C@H]3CNC[C@H]3F)nn2-c2ccccc2)c1. The summed E-state index contributed by atoms with van der Waals surface area (Å²) in [6.45, 7) is 5.32. The molecule has 2 heterocycles. The molecule has 1 saturated heterocycles. The van der Waals surface area contributed by atoms with E-state index in [0.29, 0.717) is 37.0 Å². The highest BCUT2D eigenvalue weighted by atomic mass is 19.1. The second kappa shape index (κ2) is 10.7. The molecular weight excluding hydrogens is 437 g/mol. The van der Waals surface area contributed by atoms with Gasteiger partial charge in [-0.3, -0.25) is 5.32 Å². The summed E-state index contributed by atoms with van der Waals surface area (Å²) < 4.78 is 26.8. The molecule has 1 aromatic heterocycles. The van der Waals surface area contributed by atoms with Gasteiger partial charge in [-0.25, -0.2) is 13.9 Å². The smallest absolute Gasteiger partial charge is 0.320 e. The number of benzene rings is 2. The lowest BCUT2D eigenvalue weighted by Crippen LogP contribution is -2.29. The molecule has 1 aliphatic rings. The van der Waals surface area contributed by atoms with Gasteiger partial charge in [0.05, 0.1) is 17.9 Å². The van der Waals surface area contributed by atoms with Crippen molar-refractivity contribution in [2.45, 2.75) is 39.3 Å². The summed E-state index contributed by atoms with van der Waals surface area (Å²) >= 11 is 0. The highest BCUT2D eigenvalue weighted by Gasteiger charge is 2.31. The van der Waals surface area contributed by atoms with E-state index in [1.165, 1.54) is 0 Å². The summed E-state index contributed by atoms with van der Waals surface area (Å²) in [5.41, 5.74) is 4.49. The zero-order valence-electron chi connectivity index (χ0n) is 19.6. The van der Waals surface area contributed by atoms with Crippen LogP contribution in [0.25, 0.3) is 5.69 Å². The van der Waals surface area contributed by atoms with Crippen LogP contribution in [0.4, 0.5) is 15.0 Å². The molecule has 2 atom stereocenters. The first-order valence-electron chi connectivity index (χ1n) is 11.2. The minimum atomic E-state index is -1.11. The van der Waals surface area contributed by atoms with Crippen molar-refractivity contribution in [1.29, 1.82) is 0 Å². The predicted molar refractivity (Wildman–Crippen MR) is 128 cm³/mol. The number of ether oxygens (including phenoxy) is 2. The Kier molecular flexibility index (Phi) is 7.44. The molecular formula is C25H30FN5O3. The number of aryl methyl sites for hydroxylation is 1. The molecule has 8 nitrogen and oxygen atoms in total. The second-order valence-electron chi connectivity index (χ2n) is 8.36. The Morgan fingerprint density at radius 1 is 1.21 bits per heavy atom. The van der Waals surface area contributed by atoms with Gasteiger partial charge >= 0.3 is 6.03 Å². The van der Waals surface area contributed by atoms with Gasteiger partial charge in [0.1, 0.15) is 11.9 Å². The largest absolute Gasteiger partial charge is 0.469 e. The first-order valence-corrected chi connectivity index (χ1v) is 11.2. The number of carbonyl (C=O) groups is 1. The topological polar surface area (TPSA) is 89.4 Å². The van der Waals surface area contributed by atoms with Crippen LogP contribution in [0.2, 0.25) is 0 Å². The molecule has 2 amide bonds. The monoisotopic (exact) mass is 467 g/mol. The number of methoxy groups -OCH3 is 1. The van der Waals surface area contributed by atoms with Crippen LogP contribution in [0, 0.1) is 13.8 Å². The summed E-state index contributed by atoms with van der Waals surface area (Å²) in [6, 6.07) is 15.1. The lowest BCUT2D eigenvalue weighted by atomic mass is 10.1. The molecule has 180 valence electrons. The molecule has 0 spiro atoms. The Labute approximate surface area is 198 Å². The summed E-state index contributed by atoms with van der Waals surface area (Å²) in [7, 11) is 1.65. The van der Waals surface area contributed by atoms with E-state index < -0.39 is 12.3 Å². The Hall–Kier alpha value is -3.43. The lowest BCUT2D eigenvalue weighted by molar-refractivity contribution is 0.133. The number of anilines is 1. The number of hydrogen-bond acceptors (Lipinski definition) is 5. The molecule has 0 aliphatic carbocycles. The van der Waals surface area contributed by atoms with Crippen molar-refractivity contribution >= 4 is 11.8 Å². The molecule has 4 rings (SSSR count). The third kappa shape index (κ3) is 5.37. The minimum absolute atomic E-state index is 0.252. The van der Waals surface area contributed by atoms with Crippen molar-refractivity contribution in [2.24, 2.45) is 0 Å². The number of hydrogen-bond donors (Lipinski definition) is 3. The molecule has 3 N–H and O–H groups in total. The Bertz CT molecular complexity index is 1140. The Morgan fingerprint density at radius 2 is 2.00 bits per heavy atom. The molecule has 0 unspecified atom stereocenters. The molecule has 0 bridgehead atoms. The van der Waals surface area contributed by atoms with Gasteiger partial charge in [-0.1, -0.05) is 36.4 Å². The van der Waals surface area contributed by atoms with E-state index in [-0.39, 0.29) is 12.6 Å². The molecule has 9 heteroatoms. The number of aromatic nitrogens is 2. The molecule has 0 radical (unpaired) electrons. The summed E-state index contributed by atoms with van der Waals surface area (Å²) in [5, 5.41) is 13.3. The van der Waals surface area contributed by atoms with Gasteiger partial charge < -0.3 is 20.1 Å². The summed E-state index contributed by atoms with van der Waals surface area (Å²) in [5.74, 6) is 0.753. The van der Waals surface area contributed by atoms with Gasteiger partial charge in [-0.05, 0) is 42.7 Å². The van der Waals surface area contributed by atoms with E-state index in [1.807, 2.05) is 55.5 Å². The van der Waals surface area contributed by atoms with Gasteiger partial charge in [-0.2, -0.15) is 0 Å². The Morgan fingerprint density at radius 3 is 2.71 bits per heavy atom. The number of nitrogens with one attached hydrogen (secondary N) is 3. The fourth-order valence-electron chi connectivity index (χ4n) is 3.87. The maximum absolute atomic E-state index is 14.1. The van der Waals surface area contributed by atoms with E-state index in [9.17, 15) is 9.18 Å². The molecule has 0 saturated carbocycles. The van der Waals surface area contributed by atoms with Crippen molar-refractivity contribution in [3.05, 3.63) is 70.8 Å². The molecule has 1 aliphatic heterocycles. The lowest BCUT2D eigenvalue weighted by Gasteiger charge is -2.13. The van der Waals surface area contributed by atoms with Crippen LogP contribution in [0.1, 0.15) is 22.3 Å². The maximum atomic E-state index is 14.1. The zero-order valence-corrected chi connectivity index (χ0v) is 19.6. The highest BCUT2D eigenvalue weighted by molar-refractivity contribution is 5.89. The number of alkyl halides is 1. The van der Waals surface area contributed by atoms with Crippen LogP contribution in [-0.2, 0) is 17.9 Å². The normalized spacial score (nSPS) is 17.5. The Balaban J connectivity index is 1.53. The number of para-hydroxylation sites is 1. The van der Waals surface area contributed by atoms with Gasteiger partial charge in [-0.15, -0.1) is 5.10 Å². The summed E-state index contributed by atoms with van der Waals surface area (Å²) in [4.78, 5) is 12.9. The quantitative estimate of drug-likeness (QED) is 0.471. The third-order valence-electron chi connectivity index (χ3n) is 5.83. The second-order valence-corrected chi connectivity index (χ2v) is 8.36. The standard InChI is InChI=1S/C25H30FN5O3/c1-16-9-10-18(15-33-3)11-19(16)12-28-25(32)29-23-17(2)24(34-22-14-27-13-21(22)26)30-31(23)20-7-5-4-6-8-20/h4-11,21-22,27H,12-15H2,1-3H3,(H2,28,29,32)/t21-,22+/m1/s1. The molecule has 3 aromatic rings. The van der Waals surface area contributed by atoms with Gasteiger partial charge in [0, 0.05) is 26.7 Å². The molecule has 1 fully saturated rings. The summed E-state index contributed by atoms with van der Waals surface area (Å²) in [6.07, 6.45) is -1.74. The van der Waals surface area contributed by atoms with Crippen LogP contribution in [0.3, 0.4) is 0 Å². The van der Waals surface area contributed by atoms with Gasteiger partial charge in [0.2, 0.25) is 5.88 Å². The minimum Gasteiger partial charge on any atom is -0.469 e. The number of rotatable bonds is 8. The van der Waals surface area contributed by atoms with Crippen LogP contribution in [0.5, 0.6) is 5.88 Å². The number of nitrogens with zero attached hydrogens (tertiary/aromatic N) is 2. The van der Waals surface area contributed by atoms with E-state index in [0.717, 1.165) is 22.4 Å². The molecule has 2 aromatic carbocycles. The van der Waals surface area contributed by atoms with Crippen LogP contribution < -0.4 is 20.7 Å². The van der Waals surface area contributed by atoms with Crippen LogP contribution in [-0.4, -0.2) is 48.3 Å². The van der Waals surface area contributed by atoms with Crippen LogP contribution in [0.15, 0.2) is 48.5 Å². The number of carbonyl (C=O) groups excluding carboxylic acids is 1. The average molecular weight is 468 g/mol. The first-order chi connectivity index (χ1) is 16.5. The molecule has 34 heavy (non-hydrogen) atoms. The van der Waals surface area contributed by atoms with Crippen molar-refractivity contribution in [3.63, 3.8) is 0 Å². The average Bonchev–Trinajstić information content (AvgIpc) is 3.38. The van der Waals surface area contributed by atoms with Crippen LogP contribution >= 0.6 is 0 Å². The zero-order chi connectivity index (χ0) is 24.1. The fraction of sp³-hybridized carbons (Fsp3) is 0.360. The van der Waals surface area contributed by atoms with E-state index in [1.54, 1.807) is 18.7 Å². The number of urea groups is 1.